The molecule has 0 bridgehead atoms. The van der Waals surface area contributed by atoms with Crippen LogP contribution in [0.4, 0.5) is 5.82 Å². The van der Waals surface area contributed by atoms with E-state index in [2.05, 4.69) is 10.2 Å². The van der Waals surface area contributed by atoms with Gasteiger partial charge in [-0.05, 0) is 64.0 Å². The maximum atomic E-state index is 13.1. The van der Waals surface area contributed by atoms with Gasteiger partial charge in [0.2, 0.25) is 11.8 Å². The van der Waals surface area contributed by atoms with Crippen LogP contribution in [0, 0.1) is 5.92 Å². The normalized spacial score (nSPS) is 30.3. The van der Waals surface area contributed by atoms with Gasteiger partial charge >= 0.3 is 0 Å². The van der Waals surface area contributed by atoms with Crippen LogP contribution in [-0.2, 0) is 19.1 Å². The van der Waals surface area contributed by atoms with Crippen LogP contribution in [0.3, 0.4) is 0 Å². The molecule has 1 N–H and O–H groups in total. The maximum absolute atomic E-state index is 13.1. The number of nitrogens with zero attached hydrogens (tertiary/aromatic N) is 3. The molecule has 3 fully saturated rings. The number of ether oxygens (including phenoxy) is 1. The number of pyridine rings is 1. The minimum Gasteiger partial charge on any atom is -0.375 e. The lowest BCUT2D eigenvalue weighted by Gasteiger charge is -2.36. The molecular formula is C25H32N4O5. The fourth-order valence-corrected chi connectivity index (χ4v) is 5.80. The number of carbonyl (C=O) groups is 4. The Hall–Kier alpha value is -2.81. The molecular weight excluding hydrogens is 436 g/mol. The molecule has 1 aromatic rings. The second kappa shape index (κ2) is 9.44. The average Bonchev–Trinajstić information content (AvgIpc) is 3.09. The molecule has 9 heteroatoms. The van der Waals surface area contributed by atoms with Crippen LogP contribution >= 0.6 is 0 Å². The van der Waals surface area contributed by atoms with Gasteiger partial charge in [0.15, 0.2) is 0 Å². The number of hydrogen-bond donors (Lipinski definition) is 1. The topological polar surface area (TPSA) is 109 Å². The summed E-state index contributed by atoms with van der Waals surface area (Å²) < 4.78 is 6.34. The second-order valence-corrected chi connectivity index (χ2v) is 9.95. The van der Waals surface area contributed by atoms with Crippen molar-refractivity contribution in [2.24, 2.45) is 5.92 Å². The van der Waals surface area contributed by atoms with Gasteiger partial charge in [-0.15, -0.1) is 0 Å². The number of rotatable bonds is 5. The average molecular weight is 469 g/mol. The third-order valence-electron chi connectivity index (χ3n) is 7.80. The summed E-state index contributed by atoms with van der Waals surface area (Å²) in [6.07, 6.45) is 7.77. The number of hydrogen-bond acceptors (Lipinski definition) is 7. The summed E-state index contributed by atoms with van der Waals surface area (Å²) in [5, 5.41) is 2.35. The number of aldehydes is 1. The van der Waals surface area contributed by atoms with E-state index < -0.39 is 11.9 Å². The first-order chi connectivity index (χ1) is 16.4. The van der Waals surface area contributed by atoms with Crippen molar-refractivity contribution >= 4 is 29.8 Å². The summed E-state index contributed by atoms with van der Waals surface area (Å²) in [5.41, 5.74) is 1.22. The fraction of sp³-hybridized carbons (Fsp3) is 0.640. The molecule has 2 saturated heterocycles. The lowest BCUT2D eigenvalue weighted by Crippen LogP contribution is -2.53. The molecule has 5 rings (SSSR count). The van der Waals surface area contributed by atoms with Gasteiger partial charge in [-0.3, -0.25) is 19.7 Å². The minimum absolute atomic E-state index is 0.201. The number of piperidine rings is 2. The van der Waals surface area contributed by atoms with Crippen LogP contribution in [0.1, 0.15) is 80.4 Å². The van der Waals surface area contributed by atoms with Crippen LogP contribution in [0.15, 0.2) is 12.1 Å². The van der Waals surface area contributed by atoms with Crippen molar-refractivity contribution in [3.8, 4) is 0 Å². The Bertz CT molecular complexity index is 982. The van der Waals surface area contributed by atoms with Gasteiger partial charge < -0.3 is 19.3 Å². The standard InChI is InChI=1S/C25H32N4O5/c1-15-23-19(25(33)29(15)20-7-9-22(31)27-24(20)32)6-8-21(26-23)28-12-10-18(11-13-28)34-17-4-2-16(14-30)3-5-17/h6,8,14-18,20H,2-5,7,9-13H2,1H3,(H,27,31,32). The molecule has 182 valence electrons. The first kappa shape index (κ1) is 23.0. The Kier molecular flexibility index (Phi) is 6.38. The van der Waals surface area contributed by atoms with Gasteiger partial charge in [-0.2, -0.15) is 0 Å². The largest absolute Gasteiger partial charge is 0.375 e. The zero-order valence-corrected chi connectivity index (χ0v) is 19.6. The molecule has 3 aliphatic heterocycles. The predicted octanol–water partition coefficient (Wildman–Crippen LogP) is 2.15. The summed E-state index contributed by atoms with van der Waals surface area (Å²) in [6, 6.07) is 2.73. The number of anilines is 1. The van der Waals surface area contributed by atoms with Crippen LogP contribution in [0.2, 0.25) is 0 Å². The molecule has 2 atom stereocenters. The molecule has 0 spiro atoms. The Morgan fingerprint density at radius 3 is 2.38 bits per heavy atom. The van der Waals surface area contributed by atoms with Crippen molar-refractivity contribution in [3.63, 3.8) is 0 Å². The Morgan fingerprint density at radius 1 is 1.00 bits per heavy atom. The first-order valence-electron chi connectivity index (χ1n) is 12.5. The molecule has 1 saturated carbocycles. The maximum Gasteiger partial charge on any atom is 0.257 e. The number of fused-ring (bicyclic) bond motifs is 1. The fourth-order valence-electron chi connectivity index (χ4n) is 5.80. The molecule has 4 aliphatic rings. The molecule has 1 aromatic heterocycles. The van der Waals surface area contributed by atoms with E-state index in [0.717, 1.165) is 63.7 Å². The smallest absolute Gasteiger partial charge is 0.257 e. The Balaban J connectivity index is 1.20. The lowest BCUT2D eigenvalue weighted by molar-refractivity contribution is -0.137. The monoisotopic (exact) mass is 468 g/mol. The van der Waals surface area contributed by atoms with Crippen molar-refractivity contribution in [2.75, 3.05) is 18.0 Å². The van der Waals surface area contributed by atoms with E-state index in [1.807, 2.05) is 19.1 Å². The predicted molar refractivity (Wildman–Crippen MR) is 123 cm³/mol. The lowest BCUT2D eigenvalue weighted by atomic mass is 9.88. The summed E-state index contributed by atoms with van der Waals surface area (Å²) in [4.78, 5) is 56.6. The quantitative estimate of drug-likeness (QED) is 0.521. The van der Waals surface area contributed by atoms with Crippen LogP contribution in [0.25, 0.3) is 0 Å². The first-order valence-corrected chi connectivity index (χ1v) is 12.5. The van der Waals surface area contributed by atoms with Crippen LogP contribution in [-0.4, -0.2) is 65.2 Å². The third kappa shape index (κ3) is 4.33. The molecule has 4 heterocycles. The second-order valence-electron chi connectivity index (χ2n) is 9.95. The third-order valence-corrected chi connectivity index (χ3v) is 7.80. The van der Waals surface area contributed by atoms with Crippen LogP contribution in [0.5, 0.6) is 0 Å². The van der Waals surface area contributed by atoms with Crippen molar-refractivity contribution < 1.29 is 23.9 Å². The molecule has 1 aliphatic carbocycles. The van der Waals surface area contributed by atoms with Crippen molar-refractivity contribution in [3.05, 3.63) is 23.4 Å². The highest BCUT2D eigenvalue weighted by molar-refractivity contribution is 6.05. The zero-order valence-electron chi connectivity index (χ0n) is 19.6. The van der Waals surface area contributed by atoms with Gasteiger partial charge in [0.25, 0.3) is 5.91 Å². The number of aromatic nitrogens is 1. The van der Waals surface area contributed by atoms with Crippen molar-refractivity contribution in [1.29, 1.82) is 0 Å². The molecule has 0 radical (unpaired) electrons. The van der Waals surface area contributed by atoms with Crippen molar-refractivity contribution in [1.82, 2.24) is 15.2 Å². The molecule has 3 amide bonds. The summed E-state index contributed by atoms with van der Waals surface area (Å²) in [6.45, 7) is 3.56. The van der Waals surface area contributed by atoms with Gasteiger partial charge in [0.05, 0.1) is 29.5 Å². The van der Waals surface area contributed by atoms with Gasteiger partial charge in [0.1, 0.15) is 18.1 Å². The van der Waals surface area contributed by atoms with E-state index >= 15 is 0 Å². The van der Waals surface area contributed by atoms with E-state index in [0.29, 0.717) is 17.7 Å². The summed E-state index contributed by atoms with van der Waals surface area (Å²) in [5.74, 6) is 0.138. The highest BCUT2D eigenvalue weighted by atomic mass is 16.5. The van der Waals surface area contributed by atoms with E-state index in [9.17, 15) is 19.2 Å². The molecule has 0 aromatic carbocycles. The Morgan fingerprint density at radius 2 is 1.71 bits per heavy atom. The SMILES string of the molecule is CC1c2nc(N3CCC(OC4CCC(C=O)CC4)CC3)ccc2C(=O)N1C1CCC(=O)NC1=O. The number of imide groups is 1. The minimum atomic E-state index is -0.646. The van der Waals surface area contributed by atoms with Gasteiger partial charge in [0, 0.05) is 25.4 Å². The van der Waals surface area contributed by atoms with E-state index in [-0.39, 0.29) is 42.4 Å². The van der Waals surface area contributed by atoms with Crippen LogP contribution < -0.4 is 10.2 Å². The van der Waals surface area contributed by atoms with Gasteiger partial charge in [-0.1, -0.05) is 0 Å². The van der Waals surface area contributed by atoms with E-state index in [1.165, 1.54) is 0 Å². The summed E-state index contributed by atoms with van der Waals surface area (Å²) in [7, 11) is 0. The number of carbonyl (C=O) groups excluding carboxylic acids is 4. The highest BCUT2D eigenvalue weighted by Gasteiger charge is 2.44. The van der Waals surface area contributed by atoms with Crippen molar-refractivity contribution in [2.45, 2.75) is 82.6 Å². The molecule has 9 nitrogen and oxygen atoms in total. The zero-order chi connectivity index (χ0) is 23.8. The number of nitrogens with one attached hydrogen (secondary N) is 1. The Labute approximate surface area is 199 Å². The van der Waals surface area contributed by atoms with E-state index in [4.69, 9.17) is 9.72 Å². The van der Waals surface area contributed by atoms with Gasteiger partial charge in [-0.25, -0.2) is 4.98 Å². The van der Waals surface area contributed by atoms with E-state index in [1.54, 1.807) is 4.90 Å². The summed E-state index contributed by atoms with van der Waals surface area (Å²) >= 11 is 0. The highest BCUT2D eigenvalue weighted by Crippen LogP contribution is 2.37. The number of amides is 3. The molecule has 34 heavy (non-hydrogen) atoms. The molecule has 2 unspecified atom stereocenters.